The highest BCUT2D eigenvalue weighted by atomic mass is 35.5. The van der Waals surface area contributed by atoms with Gasteiger partial charge in [-0.05, 0) is 42.9 Å². The number of aromatic nitrogens is 1. The number of alkyl halides is 1. The van der Waals surface area contributed by atoms with Crippen molar-refractivity contribution in [1.82, 2.24) is 10.3 Å². The second kappa shape index (κ2) is 7.24. The van der Waals surface area contributed by atoms with E-state index in [1.165, 1.54) is 10.9 Å². The standard InChI is InChI=1S/C18H25ClN2/c1-14-11-15(16-7-4-5-8-17(16)21-14)12-20-13-18(2,3)9-6-10-19/h4-5,7-8,11,20H,6,9-10,12-13H2,1-3H3. The molecule has 0 saturated heterocycles. The van der Waals surface area contributed by atoms with Gasteiger partial charge in [0.25, 0.3) is 0 Å². The summed E-state index contributed by atoms with van der Waals surface area (Å²) >= 11 is 5.79. The molecule has 0 aliphatic carbocycles. The van der Waals surface area contributed by atoms with E-state index in [1.807, 2.05) is 6.07 Å². The van der Waals surface area contributed by atoms with Crippen LogP contribution in [0.1, 0.15) is 37.9 Å². The van der Waals surface area contributed by atoms with Gasteiger partial charge in [0, 0.05) is 30.0 Å². The van der Waals surface area contributed by atoms with Crippen LogP contribution in [0.25, 0.3) is 10.9 Å². The number of para-hydroxylation sites is 1. The van der Waals surface area contributed by atoms with Crippen molar-refractivity contribution >= 4 is 22.5 Å². The minimum Gasteiger partial charge on any atom is -0.312 e. The van der Waals surface area contributed by atoms with Crippen molar-refractivity contribution in [3.63, 3.8) is 0 Å². The van der Waals surface area contributed by atoms with Crippen LogP contribution in [0.5, 0.6) is 0 Å². The van der Waals surface area contributed by atoms with Crippen LogP contribution in [0.4, 0.5) is 0 Å². The molecule has 0 amide bonds. The number of hydrogen-bond acceptors (Lipinski definition) is 2. The second-order valence-corrected chi connectivity index (χ2v) is 6.88. The Labute approximate surface area is 132 Å². The third kappa shape index (κ3) is 4.69. The van der Waals surface area contributed by atoms with E-state index in [0.717, 1.165) is 43.0 Å². The molecule has 1 aromatic carbocycles. The molecule has 0 aliphatic heterocycles. The normalized spacial score (nSPS) is 12.0. The summed E-state index contributed by atoms with van der Waals surface area (Å²) in [5.74, 6) is 0.748. The van der Waals surface area contributed by atoms with E-state index in [4.69, 9.17) is 11.6 Å². The Morgan fingerprint density at radius 2 is 2.00 bits per heavy atom. The van der Waals surface area contributed by atoms with Gasteiger partial charge >= 0.3 is 0 Å². The highest BCUT2D eigenvalue weighted by molar-refractivity contribution is 6.17. The first-order chi connectivity index (χ1) is 10.0. The molecule has 2 nitrogen and oxygen atoms in total. The zero-order valence-corrected chi connectivity index (χ0v) is 14.0. The fourth-order valence-corrected chi connectivity index (χ4v) is 2.84. The summed E-state index contributed by atoms with van der Waals surface area (Å²) in [5, 5.41) is 4.84. The first kappa shape index (κ1) is 16.3. The predicted molar refractivity (Wildman–Crippen MR) is 91.9 cm³/mol. The van der Waals surface area contributed by atoms with Crippen molar-refractivity contribution in [3.05, 3.63) is 41.6 Å². The maximum atomic E-state index is 5.79. The number of pyridine rings is 1. The molecule has 0 aliphatic rings. The number of rotatable bonds is 7. The van der Waals surface area contributed by atoms with Gasteiger partial charge in [-0.25, -0.2) is 0 Å². The smallest absolute Gasteiger partial charge is 0.0708 e. The average molecular weight is 305 g/mol. The molecular weight excluding hydrogens is 280 g/mol. The summed E-state index contributed by atoms with van der Waals surface area (Å²) in [6.07, 6.45) is 2.23. The maximum Gasteiger partial charge on any atom is 0.0708 e. The van der Waals surface area contributed by atoms with Crippen LogP contribution >= 0.6 is 11.6 Å². The van der Waals surface area contributed by atoms with E-state index in [2.05, 4.69) is 55.3 Å². The molecular formula is C18H25ClN2. The van der Waals surface area contributed by atoms with E-state index >= 15 is 0 Å². The molecule has 1 aromatic heterocycles. The minimum atomic E-state index is 0.284. The van der Waals surface area contributed by atoms with Crippen LogP contribution in [0.15, 0.2) is 30.3 Å². The third-order valence-corrected chi connectivity index (χ3v) is 4.10. The summed E-state index contributed by atoms with van der Waals surface area (Å²) in [4.78, 5) is 4.59. The van der Waals surface area contributed by atoms with Gasteiger partial charge in [0.15, 0.2) is 0 Å². The lowest BCUT2D eigenvalue weighted by molar-refractivity contribution is 0.311. The van der Waals surface area contributed by atoms with Gasteiger partial charge in [-0.2, -0.15) is 0 Å². The predicted octanol–water partition coefficient (Wildman–Crippen LogP) is 4.68. The SMILES string of the molecule is Cc1cc(CNCC(C)(C)CCCCl)c2ccccc2n1. The fraction of sp³-hybridized carbons (Fsp3) is 0.500. The zero-order valence-electron chi connectivity index (χ0n) is 13.2. The Kier molecular flexibility index (Phi) is 5.60. The van der Waals surface area contributed by atoms with Crippen molar-refractivity contribution in [2.45, 2.75) is 40.2 Å². The molecule has 0 atom stereocenters. The number of aryl methyl sites for hydroxylation is 1. The van der Waals surface area contributed by atoms with E-state index in [9.17, 15) is 0 Å². The quantitative estimate of drug-likeness (QED) is 0.751. The number of hydrogen-bond donors (Lipinski definition) is 1. The molecule has 0 bridgehead atoms. The Balaban J connectivity index is 2.03. The summed E-state index contributed by atoms with van der Waals surface area (Å²) in [7, 11) is 0. The molecule has 0 saturated carbocycles. The van der Waals surface area contributed by atoms with Crippen molar-refractivity contribution in [3.8, 4) is 0 Å². The molecule has 3 heteroatoms. The van der Waals surface area contributed by atoms with Crippen LogP contribution in [0, 0.1) is 12.3 Å². The summed E-state index contributed by atoms with van der Waals surface area (Å²) in [6.45, 7) is 8.53. The van der Waals surface area contributed by atoms with E-state index < -0.39 is 0 Å². The van der Waals surface area contributed by atoms with Gasteiger partial charge in [-0.3, -0.25) is 4.98 Å². The summed E-state index contributed by atoms with van der Waals surface area (Å²) < 4.78 is 0. The van der Waals surface area contributed by atoms with Crippen molar-refractivity contribution in [2.75, 3.05) is 12.4 Å². The molecule has 2 aromatic rings. The summed E-state index contributed by atoms with van der Waals surface area (Å²) in [6, 6.07) is 10.5. The second-order valence-electron chi connectivity index (χ2n) is 6.50. The topological polar surface area (TPSA) is 24.9 Å². The van der Waals surface area contributed by atoms with Crippen LogP contribution < -0.4 is 5.32 Å². The molecule has 1 heterocycles. The Hall–Kier alpha value is -1.12. The van der Waals surface area contributed by atoms with Crippen LogP contribution in [-0.2, 0) is 6.54 Å². The van der Waals surface area contributed by atoms with Gasteiger partial charge in [0.2, 0.25) is 0 Å². The molecule has 21 heavy (non-hydrogen) atoms. The molecule has 1 N–H and O–H groups in total. The Morgan fingerprint density at radius 1 is 1.24 bits per heavy atom. The number of nitrogens with one attached hydrogen (secondary N) is 1. The number of fused-ring (bicyclic) bond motifs is 1. The molecule has 0 fully saturated rings. The van der Waals surface area contributed by atoms with Crippen LogP contribution in [0.3, 0.4) is 0 Å². The lowest BCUT2D eigenvalue weighted by Crippen LogP contribution is -2.29. The van der Waals surface area contributed by atoms with Crippen LogP contribution in [0.2, 0.25) is 0 Å². The largest absolute Gasteiger partial charge is 0.312 e. The number of halogens is 1. The highest BCUT2D eigenvalue weighted by Gasteiger charge is 2.16. The van der Waals surface area contributed by atoms with E-state index in [-0.39, 0.29) is 5.41 Å². The molecule has 114 valence electrons. The van der Waals surface area contributed by atoms with Crippen molar-refractivity contribution in [2.24, 2.45) is 5.41 Å². The van der Waals surface area contributed by atoms with E-state index in [0.29, 0.717) is 0 Å². The molecule has 0 radical (unpaired) electrons. The van der Waals surface area contributed by atoms with Gasteiger partial charge < -0.3 is 5.32 Å². The van der Waals surface area contributed by atoms with Crippen molar-refractivity contribution < 1.29 is 0 Å². The van der Waals surface area contributed by atoms with Gasteiger partial charge in [0.05, 0.1) is 5.52 Å². The van der Waals surface area contributed by atoms with Gasteiger partial charge in [-0.1, -0.05) is 32.0 Å². The molecule has 2 rings (SSSR count). The fourth-order valence-electron chi connectivity index (χ4n) is 2.71. The molecule has 0 spiro atoms. The van der Waals surface area contributed by atoms with Crippen molar-refractivity contribution in [1.29, 1.82) is 0 Å². The molecule has 0 unspecified atom stereocenters. The summed E-state index contributed by atoms with van der Waals surface area (Å²) in [5.41, 5.74) is 3.76. The lowest BCUT2D eigenvalue weighted by Gasteiger charge is -2.25. The monoisotopic (exact) mass is 304 g/mol. The Morgan fingerprint density at radius 3 is 2.76 bits per heavy atom. The average Bonchev–Trinajstić information content (AvgIpc) is 2.45. The number of benzene rings is 1. The first-order valence-corrected chi connectivity index (χ1v) is 8.17. The lowest BCUT2D eigenvalue weighted by atomic mass is 9.88. The Bertz CT molecular complexity index is 593. The first-order valence-electron chi connectivity index (χ1n) is 7.64. The minimum absolute atomic E-state index is 0.284. The number of nitrogens with zero attached hydrogens (tertiary/aromatic N) is 1. The highest BCUT2D eigenvalue weighted by Crippen LogP contribution is 2.22. The maximum absolute atomic E-state index is 5.79. The van der Waals surface area contributed by atoms with Gasteiger partial charge in [0.1, 0.15) is 0 Å². The van der Waals surface area contributed by atoms with E-state index in [1.54, 1.807) is 0 Å². The van der Waals surface area contributed by atoms with Gasteiger partial charge in [-0.15, -0.1) is 11.6 Å². The third-order valence-electron chi connectivity index (χ3n) is 3.84. The zero-order chi connectivity index (χ0) is 15.3. The van der Waals surface area contributed by atoms with Crippen LogP contribution in [-0.4, -0.2) is 17.4 Å².